The average molecular weight is 181 g/mol. The number of rotatable bonds is 1. The van der Waals surface area contributed by atoms with Gasteiger partial charge in [0, 0.05) is 31.5 Å². The van der Waals surface area contributed by atoms with Gasteiger partial charge in [0.2, 0.25) is 0 Å². The molecule has 0 unspecified atom stereocenters. The summed E-state index contributed by atoms with van der Waals surface area (Å²) in [6.45, 7) is 0.765. The fourth-order valence-electron chi connectivity index (χ4n) is 1.66. The molecule has 2 N–H and O–H groups in total. The van der Waals surface area contributed by atoms with E-state index >= 15 is 0 Å². The van der Waals surface area contributed by atoms with E-state index in [-0.39, 0.29) is 12.1 Å². The van der Waals surface area contributed by atoms with E-state index in [4.69, 9.17) is 10.5 Å². The molecular weight excluding hydrogens is 166 g/mol. The molecule has 2 heterocycles. The number of hydrogen-bond acceptors (Lipinski definition) is 3. The highest BCUT2D eigenvalue weighted by atomic mass is 16.5. The van der Waals surface area contributed by atoms with Gasteiger partial charge in [-0.1, -0.05) is 0 Å². The lowest BCUT2D eigenvalue weighted by molar-refractivity contribution is 0.00664. The largest absolute Gasteiger partial charge is 0.373 e. The predicted octanol–water partition coefficient (Wildman–Crippen LogP) is 0.599. The molecule has 13 heavy (non-hydrogen) atoms. The average Bonchev–Trinajstić information content (AvgIpc) is 2.52. The quantitative estimate of drug-likeness (QED) is 0.690. The van der Waals surface area contributed by atoms with Crippen molar-refractivity contribution in [1.29, 1.82) is 0 Å². The van der Waals surface area contributed by atoms with Crippen LogP contribution in [0.25, 0.3) is 0 Å². The minimum Gasteiger partial charge on any atom is -0.373 e. The van der Waals surface area contributed by atoms with Crippen LogP contribution in [0.5, 0.6) is 0 Å². The number of aromatic nitrogens is 2. The van der Waals surface area contributed by atoms with Crippen molar-refractivity contribution >= 4 is 0 Å². The topological polar surface area (TPSA) is 53.1 Å². The summed E-state index contributed by atoms with van der Waals surface area (Å²) in [5, 5.41) is 4.11. The Balaban J connectivity index is 2.08. The zero-order valence-electron chi connectivity index (χ0n) is 7.81. The molecule has 0 saturated carbocycles. The number of nitrogens with two attached hydrogens (primary N) is 1. The van der Waals surface area contributed by atoms with E-state index in [1.807, 2.05) is 19.4 Å². The minimum absolute atomic E-state index is 0.150. The normalized spacial score (nSPS) is 29.1. The predicted molar refractivity (Wildman–Crippen MR) is 49.1 cm³/mol. The molecule has 0 radical (unpaired) electrons. The fraction of sp³-hybridized carbons (Fsp3) is 0.667. The number of ether oxygens (including phenoxy) is 1. The third-order valence-corrected chi connectivity index (χ3v) is 2.42. The van der Waals surface area contributed by atoms with Gasteiger partial charge in [-0.15, -0.1) is 0 Å². The summed E-state index contributed by atoms with van der Waals surface area (Å²) in [6, 6.07) is 0.277. The Morgan fingerprint density at radius 1 is 1.69 bits per heavy atom. The summed E-state index contributed by atoms with van der Waals surface area (Å²) >= 11 is 0. The monoisotopic (exact) mass is 181 g/mol. The molecule has 0 amide bonds. The first-order valence-corrected chi connectivity index (χ1v) is 4.61. The molecule has 2 atom stereocenters. The Labute approximate surface area is 77.7 Å². The van der Waals surface area contributed by atoms with E-state index < -0.39 is 0 Å². The van der Waals surface area contributed by atoms with Crippen LogP contribution in [0.3, 0.4) is 0 Å². The molecule has 1 aliphatic heterocycles. The van der Waals surface area contributed by atoms with Gasteiger partial charge in [-0.05, 0) is 12.8 Å². The summed E-state index contributed by atoms with van der Waals surface area (Å²) in [5.41, 5.74) is 7.00. The van der Waals surface area contributed by atoms with Crippen LogP contribution >= 0.6 is 0 Å². The second-order valence-corrected chi connectivity index (χ2v) is 3.59. The van der Waals surface area contributed by atoms with Crippen molar-refractivity contribution in [2.75, 3.05) is 6.61 Å². The Hall–Kier alpha value is -0.870. The molecule has 1 saturated heterocycles. The van der Waals surface area contributed by atoms with Crippen molar-refractivity contribution in [3.05, 3.63) is 18.0 Å². The van der Waals surface area contributed by atoms with E-state index in [0.29, 0.717) is 0 Å². The number of nitrogens with zero attached hydrogens (tertiary/aromatic N) is 2. The summed E-state index contributed by atoms with van der Waals surface area (Å²) in [6.07, 6.45) is 5.87. The summed E-state index contributed by atoms with van der Waals surface area (Å²) in [7, 11) is 1.91. The highest BCUT2D eigenvalue weighted by Gasteiger charge is 2.22. The van der Waals surface area contributed by atoms with Gasteiger partial charge in [-0.25, -0.2) is 0 Å². The molecule has 4 heteroatoms. The van der Waals surface area contributed by atoms with Crippen molar-refractivity contribution in [1.82, 2.24) is 9.78 Å². The molecule has 0 bridgehead atoms. The minimum atomic E-state index is 0.150. The van der Waals surface area contributed by atoms with Crippen molar-refractivity contribution in [3.63, 3.8) is 0 Å². The first-order valence-electron chi connectivity index (χ1n) is 4.61. The molecule has 4 nitrogen and oxygen atoms in total. The Kier molecular flexibility index (Phi) is 2.33. The van der Waals surface area contributed by atoms with Crippen LogP contribution in [0.2, 0.25) is 0 Å². The van der Waals surface area contributed by atoms with Crippen LogP contribution in [-0.4, -0.2) is 22.4 Å². The maximum atomic E-state index is 5.86. The molecule has 1 fully saturated rings. The lowest BCUT2D eigenvalue weighted by atomic mass is 10.0. The van der Waals surface area contributed by atoms with E-state index in [1.165, 1.54) is 0 Å². The second-order valence-electron chi connectivity index (χ2n) is 3.59. The van der Waals surface area contributed by atoms with Gasteiger partial charge in [0.25, 0.3) is 0 Å². The van der Waals surface area contributed by atoms with Gasteiger partial charge in [0.15, 0.2) is 0 Å². The highest BCUT2D eigenvalue weighted by Crippen LogP contribution is 2.26. The lowest BCUT2D eigenvalue weighted by Crippen LogP contribution is -2.30. The van der Waals surface area contributed by atoms with Crippen molar-refractivity contribution in [3.8, 4) is 0 Å². The zero-order valence-corrected chi connectivity index (χ0v) is 7.81. The fourth-order valence-corrected chi connectivity index (χ4v) is 1.66. The molecular formula is C9H15N3O. The van der Waals surface area contributed by atoms with Crippen molar-refractivity contribution < 1.29 is 4.74 Å². The van der Waals surface area contributed by atoms with Crippen LogP contribution in [0, 0.1) is 0 Å². The maximum Gasteiger partial charge on any atom is 0.0870 e. The molecule has 0 aliphatic carbocycles. The molecule has 2 rings (SSSR count). The first kappa shape index (κ1) is 8.72. The Morgan fingerprint density at radius 3 is 3.15 bits per heavy atom. The van der Waals surface area contributed by atoms with Gasteiger partial charge in [-0.2, -0.15) is 5.10 Å². The van der Waals surface area contributed by atoms with E-state index in [0.717, 1.165) is 25.0 Å². The van der Waals surface area contributed by atoms with E-state index in [2.05, 4.69) is 5.10 Å². The third kappa shape index (κ3) is 1.89. The summed E-state index contributed by atoms with van der Waals surface area (Å²) < 4.78 is 7.40. The molecule has 72 valence electrons. The van der Waals surface area contributed by atoms with Crippen LogP contribution in [0.15, 0.2) is 12.4 Å². The Bertz CT molecular complexity index is 284. The zero-order chi connectivity index (χ0) is 9.26. The summed E-state index contributed by atoms with van der Waals surface area (Å²) in [5.74, 6) is 0. The van der Waals surface area contributed by atoms with Gasteiger partial charge >= 0.3 is 0 Å². The van der Waals surface area contributed by atoms with Gasteiger partial charge in [0.1, 0.15) is 0 Å². The second kappa shape index (κ2) is 3.47. The van der Waals surface area contributed by atoms with Crippen LogP contribution in [0.4, 0.5) is 0 Å². The SMILES string of the molecule is Cn1cc([C@H]2C[C@@H](N)CCO2)cn1. The third-order valence-electron chi connectivity index (χ3n) is 2.42. The van der Waals surface area contributed by atoms with Gasteiger partial charge < -0.3 is 10.5 Å². The molecule has 0 aromatic carbocycles. The Morgan fingerprint density at radius 2 is 2.54 bits per heavy atom. The summed E-state index contributed by atoms with van der Waals surface area (Å²) in [4.78, 5) is 0. The maximum absolute atomic E-state index is 5.86. The van der Waals surface area contributed by atoms with Crippen LogP contribution < -0.4 is 5.73 Å². The molecule has 1 aliphatic rings. The van der Waals surface area contributed by atoms with Crippen LogP contribution in [-0.2, 0) is 11.8 Å². The number of hydrogen-bond donors (Lipinski definition) is 1. The van der Waals surface area contributed by atoms with Crippen molar-refractivity contribution in [2.45, 2.75) is 25.0 Å². The molecule has 1 aromatic heterocycles. The smallest absolute Gasteiger partial charge is 0.0870 e. The van der Waals surface area contributed by atoms with Crippen molar-refractivity contribution in [2.24, 2.45) is 12.8 Å². The standard InChI is InChI=1S/C9H15N3O/c1-12-6-7(5-11-12)9-4-8(10)2-3-13-9/h5-6,8-9H,2-4,10H2,1H3/t8-,9+/m0/s1. The van der Waals surface area contributed by atoms with Crippen LogP contribution in [0.1, 0.15) is 24.5 Å². The van der Waals surface area contributed by atoms with Gasteiger partial charge in [0.05, 0.1) is 12.3 Å². The van der Waals surface area contributed by atoms with E-state index in [9.17, 15) is 0 Å². The molecule has 0 spiro atoms. The number of aryl methyl sites for hydroxylation is 1. The first-order chi connectivity index (χ1) is 6.25. The van der Waals surface area contributed by atoms with E-state index in [1.54, 1.807) is 4.68 Å². The highest BCUT2D eigenvalue weighted by molar-refractivity contribution is 5.09. The lowest BCUT2D eigenvalue weighted by Gasteiger charge is -2.26. The molecule has 1 aromatic rings. The van der Waals surface area contributed by atoms with Gasteiger partial charge in [-0.3, -0.25) is 4.68 Å².